The summed E-state index contributed by atoms with van der Waals surface area (Å²) in [7, 11) is 0. The van der Waals surface area contributed by atoms with Crippen molar-refractivity contribution in [2.45, 2.75) is 51.1 Å². The molecule has 0 radical (unpaired) electrons. The van der Waals surface area contributed by atoms with Crippen molar-refractivity contribution in [1.29, 1.82) is 0 Å². The first-order valence-corrected chi connectivity index (χ1v) is 6.97. The summed E-state index contributed by atoms with van der Waals surface area (Å²) in [5, 5.41) is 0. The highest BCUT2D eigenvalue weighted by atomic mass is 127. The molecule has 0 saturated heterocycles. The van der Waals surface area contributed by atoms with Crippen LogP contribution < -0.4 is 0 Å². The lowest BCUT2D eigenvalue weighted by Crippen LogP contribution is -2.41. The monoisotopic (exact) mass is 332 g/mol. The highest BCUT2D eigenvalue weighted by Gasteiger charge is 2.36. The van der Waals surface area contributed by atoms with Crippen molar-refractivity contribution >= 4 is 22.6 Å². The molecule has 1 nitrogen and oxygen atoms in total. The standard InChI is InChI=1S/C11H19F2IO/c1-9-3-5-11(7-14,6-4-9)15-8-10(2,12)13/h9H,3-8H2,1-2H3. The van der Waals surface area contributed by atoms with Crippen LogP contribution in [0.2, 0.25) is 0 Å². The van der Waals surface area contributed by atoms with E-state index in [2.05, 4.69) is 29.5 Å². The Morgan fingerprint density at radius 2 is 1.93 bits per heavy atom. The van der Waals surface area contributed by atoms with Crippen LogP contribution in [0.3, 0.4) is 0 Å². The maximum absolute atomic E-state index is 12.7. The molecule has 90 valence electrons. The Balaban J connectivity index is 2.47. The molecule has 0 N–H and O–H groups in total. The van der Waals surface area contributed by atoms with E-state index in [0.29, 0.717) is 5.92 Å². The lowest BCUT2D eigenvalue weighted by atomic mass is 9.80. The van der Waals surface area contributed by atoms with Gasteiger partial charge in [0.1, 0.15) is 6.61 Å². The lowest BCUT2D eigenvalue weighted by molar-refractivity contribution is -0.134. The predicted octanol–water partition coefficient (Wildman–Crippen LogP) is 4.04. The van der Waals surface area contributed by atoms with Crippen molar-refractivity contribution in [2.75, 3.05) is 11.0 Å². The molecule has 0 amide bonds. The smallest absolute Gasteiger partial charge is 0.268 e. The Morgan fingerprint density at radius 1 is 1.40 bits per heavy atom. The Hall–Kier alpha value is 0.550. The molecule has 0 aromatic carbocycles. The molecule has 0 unspecified atom stereocenters. The summed E-state index contributed by atoms with van der Waals surface area (Å²) in [5.74, 6) is -1.99. The molecule has 1 aliphatic rings. The average Bonchev–Trinajstić information content (AvgIpc) is 2.17. The van der Waals surface area contributed by atoms with Gasteiger partial charge < -0.3 is 4.74 Å². The van der Waals surface area contributed by atoms with Crippen molar-refractivity contribution < 1.29 is 13.5 Å². The van der Waals surface area contributed by atoms with Crippen LogP contribution in [0.5, 0.6) is 0 Å². The summed E-state index contributed by atoms with van der Waals surface area (Å²) in [5.41, 5.74) is -0.285. The zero-order valence-electron chi connectivity index (χ0n) is 9.36. The maximum atomic E-state index is 12.7. The fourth-order valence-electron chi connectivity index (χ4n) is 1.88. The van der Waals surface area contributed by atoms with E-state index in [-0.39, 0.29) is 5.60 Å². The van der Waals surface area contributed by atoms with Crippen molar-refractivity contribution in [3.8, 4) is 0 Å². The summed E-state index contributed by atoms with van der Waals surface area (Å²) >= 11 is 2.25. The first-order chi connectivity index (χ1) is 6.87. The van der Waals surface area contributed by atoms with Gasteiger partial charge in [0.25, 0.3) is 5.92 Å². The third kappa shape index (κ3) is 4.51. The van der Waals surface area contributed by atoms with Crippen LogP contribution in [-0.2, 0) is 4.74 Å². The highest BCUT2D eigenvalue weighted by molar-refractivity contribution is 14.1. The lowest BCUT2D eigenvalue weighted by Gasteiger charge is -2.38. The summed E-state index contributed by atoms with van der Waals surface area (Å²) in [6, 6.07) is 0. The van der Waals surface area contributed by atoms with Gasteiger partial charge in [-0.25, -0.2) is 8.78 Å². The van der Waals surface area contributed by atoms with Crippen LogP contribution in [0.15, 0.2) is 0 Å². The molecule has 15 heavy (non-hydrogen) atoms. The van der Waals surface area contributed by atoms with E-state index >= 15 is 0 Å². The summed E-state index contributed by atoms with van der Waals surface area (Å²) in [6.45, 7) is 2.69. The summed E-state index contributed by atoms with van der Waals surface area (Å²) < 4.78 is 31.8. The SMILES string of the molecule is CC1CCC(CI)(OCC(C)(F)F)CC1. The van der Waals surface area contributed by atoms with E-state index < -0.39 is 12.5 Å². The molecule has 0 atom stereocenters. The second kappa shape index (κ2) is 5.25. The van der Waals surface area contributed by atoms with Crippen LogP contribution in [0.25, 0.3) is 0 Å². The molecule has 1 rings (SSSR count). The van der Waals surface area contributed by atoms with Crippen LogP contribution >= 0.6 is 22.6 Å². The maximum Gasteiger partial charge on any atom is 0.268 e. The van der Waals surface area contributed by atoms with E-state index in [0.717, 1.165) is 37.0 Å². The summed E-state index contributed by atoms with van der Waals surface area (Å²) in [6.07, 6.45) is 4.04. The number of rotatable bonds is 4. The minimum absolute atomic E-state index is 0.285. The third-order valence-corrected chi connectivity index (χ3v) is 4.45. The topological polar surface area (TPSA) is 9.23 Å². The van der Waals surface area contributed by atoms with Crippen LogP contribution in [0.1, 0.15) is 39.5 Å². The fourth-order valence-corrected chi connectivity index (χ4v) is 2.87. The second-order valence-electron chi connectivity index (χ2n) is 4.86. The summed E-state index contributed by atoms with van der Waals surface area (Å²) in [4.78, 5) is 0. The van der Waals surface area contributed by atoms with Crippen molar-refractivity contribution in [2.24, 2.45) is 5.92 Å². The molecule has 4 heteroatoms. The van der Waals surface area contributed by atoms with Gasteiger partial charge in [-0.1, -0.05) is 29.5 Å². The van der Waals surface area contributed by atoms with E-state index in [1.165, 1.54) is 0 Å². The molecule has 0 bridgehead atoms. The van der Waals surface area contributed by atoms with Gasteiger partial charge >= 0.3 is 0 Å². The Bertz CT molecular complexity index is 195. The first kappa shape index (κ1) is 13.6. The Morgan fingerprint density at radius 3 is 2.33 bits per heavy atom. The molecule has 0 spiro atoms. The zero-order chi connectivity index (χ0) is 11.5. The van der Waals surface area contributed by atoms with Gasteiger partial charge in [0, 0.05) is 11.4 Å². The van der Waals surface area contributed by atoms with E-state index in [9.17, 15) is 8.78 Å². The van der Waals surface area contributed by atoms with Crippen molar-refractivity contribution in [1.82, 2.24) is 0 Å². The largest absolute Gasteiger partial charge is 0.368 e. The number of hydrogen-bond donors (Lipinski definition) is 0. The van der Waals surface area contributed by atoms with Gasteiger partial charge in [0.15, 0.2) is 0 Å². The Kier molecular flexibility index (Phi) is 4.77. The second-order valence-corrected chi connectivity index (χ2v) is 5.62. The van der Waals surface area contributed by atoms with E-state index in [1.54, 1.807) is 0 Å². The molecule has 1 fully saturated rings. The zero-order valence-corrected chi connectivity index (χ0v) is 11.5. The molecular formula is C11H19F2IO. The van der Waals surface area contributed by atoms with E-state index in [4.69, 9.17) is 4.74 Å². The normalized spacial score (nSPS) is 33.0. The number of hydrogen-bond acceptors (Lipinski definition) is 1. The third-order valence-electron chi connectivity index (χ3n) is 3.06. The minimum Gasteiger partial charge on any atom is -0.368 e. The molecule has 0 heterocycles. The number of halogens is 3. The highest BCUT2D eigenvalue weighted by Crippen LogP contribution is 2.37. The predicted molar refractivity (Wildman–Crippen MR) is 65.8 cm³/mol. The molecule has 0 aliphatic heterocycles. The number of alkyl halides is 3. The molecule has 1 aliphatic carbocycles. The van der Waals surface area contributed by atoms with Gasteiger partial charge in [-0.15, -0.1) is 0 Å². The van der Waals surface area contributed by atoms with Gasteiger partial charge in [-0.3, -0.25) is 0 Å². The molecule has 1 saturated carbocycles. The van der Waals surface area contributed by atoms with E-state index in [1.807, 2.05) is 0 Å². The van der Waals surface area contributed by atoms with Crippen molar-refractivity contribution in [3.63, 3.8) is 0 Å². The Labute approximate surface area is 104 Å². The van der Waals surface area contributed by atoms with Gasteiger partial charge in [-0.05, 0) is 31.6 Å². The van der Waals surface area contributed by atoms with Crippen LogP contribution in [0.4, 0.5) is 8.78 Å². The molecule has 0 aromatic rings. The van der Waals surface area contributed by atoms with Gasteiger partial charge in [0.2, 0.25) is 0 Å². The van der Waals surface area contributed by atoms with Crippen molar-refractivity contribution in [3.05, 3.63) is 0 Å². The minimum atomic E-state index is -2.71. The first-order valence-electron chi connectivity index (χ1n) is 5.45. The average molecular weight is 332 g/mol. The van der Waals surface area contributed by atoms with Gasteiger partial charge in [0.05, 0.1) is 5.60 Å². The molecular weight excluding hydrogens is 313 g/mol. The molecule has 0 aromatic heterocycles. The number of ether oxygens (including phenoxy) is 1. The quantitative estimate of drug-likeness (QED) is 0.558. The van der Waals surface area contributed by atoms with Gasteiger partial charge in [-0.2, -0.15) is 0 Å². The van der Waals surface area contributed by atoms with Crippen LogP contribution in [-0.4, -0.2) is 22.6 Å². The van der Waals surface area contributed by atoms with Crippen LogP contribution in [0, 0.1) is 5.92 Å². The fraction of sp³-hybridized carbons (Fsp3) is 1.00.